The molecule has 0 N–H and O–H groups in total. The number of hydrogen-bond acceptors (Lipinski definition) is 6. The lowest BCUT2D eigenvalue weighted by Crippen LogP contribution is -2.33. The zero-order valence-electron chi connectivity index (χ0n) is 17.7. The van der Waals surface area contributed by atoms with Crippen LogP contribution in [-0.4, -0.2) is 27.8 Å². The van der Waals surface area contributed by atoms with Crippen LogP contribution in [0.5, 0.6) is 0 Å². The maximum Gasteiger partial charge on any atom is 0.263 e. The summed E-state index contributed by atoms with van der Waals surface area (Å²) in [6.45, 7) is 3.99. The Morgan fingerprint density at radius 3 is 2.55 bits per heavy atom. The van der Waals surface area contributed by atoms with Crippen molar-refractivity contribution in [2.45, 2.75) is 11.7 Å². The van der Waals surface area contributed by atoms with Crippen LogP contribution >= 0.6 is 23.1 Å². The van der Waals surface area contributed by atoms with Crippen LogP contribution in [0.15, 0.2) is 89.3 Å². The Kier molecular flexibility index (Phi) is 7.03. The molecule has 1 amide bonds. The lowest BCUT2D eigenvalue weighted by Gasteiger charge is -2.19. The highest BCUT2D eigenvalue weighted by Gasteiger charge is 2.19. The summed E-state index contributed by atoms with van der Waals surface area (Å²) in [6.07, 6.45) is 1.64. The van der Waals surface area contributed by atoms with Gasteiger partial charge in [-0.1, -0.05) is 66.4 Å². The number of thiophene rings is 1. The van der Waals surface area contributed by atoms with Crippen molar-refractivity contribution in [3.8, 4) is 16.5 Å². The fourth-order valence-corrected chi connectivity index (χ4v) is 5.31. The quantitative estimate of drug-likeness (QED) is 0.157. The van der Waals surface area contributed by atoms with E-state index in [4.69, 9.17) is 4.98 Å². The van der Waals surface area contributed by atoms with Gasteiger partial charge in [-0.2, -0.15) is 5.26 Å². The van der Waals surface area contributed by atoms with Crippen molar-refractivity contribution in [1.82, 2.24) is 9.55 Å². The SMILES string of the molecule is C=CCn1c(SCC(=O)N(CC#N)c2ccccc2)nc2sc(-c3ccccc3)cc2c1=O. The Labute approximate surface area is 199 Å². The predicted octanol–water partition coefficient (Wildman–Crippen LogP) is 4.96. The summed E-state index contributed by atoms with van der Waals surface area (Å²) < 4.78 is 1.53. The molecule has 33 heavy (non-hydrogen) atoms. The number of rotatable bonds is 8. The molecule has 2 aromatic heterocycles. The molecule has 8 heteroatoms. The lowest BCUT2D eigenvalue weighted by atomic mass is 10.2. The number of nitrogens with zero attached hydrogens (tertiary/aromatic N) is 4. The Balaban J connectivity index is 1.65. The molecule has 0 fully saturated rings. The molecule has 0 unspecified atom stereocenters. The Morgan fingerprint density at radius 2 is 1.88 bits per heavy atom. The van der Waals surface area contributed by atoms with Crippen molar-refractivity contribution in [3.05, 3.63) is 89.7 Å². The zero-order chi connectivity index (χ0) is 23.2. The van der Waals surface area contributed by atoms with Crippen molar-refractivity contribution in [2.75, 3.05) is 17.2 Å². The second kappa shape index (κ2) is 10.3. The minimum absolute atomic E-state index is 0.0442. The lowest BCUT2D eigenvalue weighted by molar-refractivity contribution is -0.116. The minimum atomic E-state index is -0.233. The van der Waals surface area contributed by atoms with Gasteiger partial charge in [0.1, 0.15) is 11.4 Å². The van der Waals surface area contributed by atoms with E-state index in [1.807, 2.05) is 60.7 Å². The summed E-state index contributed by atoms with van der Waals surface area (Å²) in [4.78, 5) is 33.9. The number of allylic oxidation sites excluding steroid dienone is 1. The molecule has 2 aromatic carbocycles. The summed E-state index contributed by atoms with van der Waals surface area (Å²) in [6, 6.07) is 22.8. The molecule has 0 atom stereocenters. The summed E-state index contributed by atoms with van der Waals surface area (Å²) in [5, 5.41) is 10.2. The van der Waals surface area contributed by atoms with Crippen LogP contribution < -0.4 is 10.5 Å². The van der Waals surface area contributed by atoms with E-state index < -0.39 is 0 Å². The number of carbonyl (C=O) groups is 1. The molecule has 0 radical (unpaired) electrons. The van der Waals surface area contributed by atoms with E-state index in [1.54, 1.807) is 18.2 Å². The van der Waals surface area contributed by atoms with Gasteiger partial charge in [0, 0.05) is 17.1 Å². The van der Waals surface area contributed by atoms with E-state index >= 15 is 0 Å². The molecule has 0 bridgehead atoms. The van der Waals surface area contributed by atoms with Gasteiger partial charge in [-0.25, -0.2) is 4.98 Å². The van der Waals surface area contributed by atoms with Gasteiger partial charge in [0.2, 0.25) is 5.91 Å². The van der Waals surface area contributed by atoms with Crippen molar-refractivity contribution >= 4 is 44.9 Å². The highest BCUT2D eigenvalue weighted by molar-refractivity contribution is 7.99. The molecule has 6 nitrogen and oxygen atoms in total. The van der Waals surface area contributed by atoms with Crippen molar-refractivity contribution in [2.24, 2.45) is 0 Å². The standard InChI is InChI=1S/C25H20N4O2S2/c1-2-14-29-24(31)20-16-21(18-9-5-3-6-10-18)33-23(20)27-25(29)32-17-22(30)28(15-13-26)19-11-7-4-8-12-19/h2-12,16H,1,14-15,17H2. The molecule has 164 valence electrons. The van der Waals surface area contributed by atoms with Gasteiger partial charge in [-0.05, 0) is 23.8 Å². The topological polar surface area (TPSA) is 79.0 Å². The van der Waals surface area contributed by atoms with E-state index in [-0.39, 0.29) is 30.3 Å². The number of anilines is 1. The van der Waals surface area contributed by atoms with Crippen LogP contribution in [0.25, 0.3) is 20.7 Å². The number of benzene rings is 2. The third kappa shape index (κ3) is 4.90. The van der Waals surface area contributed by atoms with Crippen LogP contribution in [0.4, 0.5) is 5.69 Å². The Bertz CT molecular complexity index is 1390. The molecule has 2 heterocycles. The first kappa shape index (κ1) is 22.5. The van der Waals surface area contributed by atoms with E-state index in [2.05, 4.69) is 6.58 Å². The number of para-hydroxylation sites is 1. The summed E-state index contributed by atoms with van der Waals surface area (Å²) in [7, 11) is 0. The molecule has 0 saturated carbocycles. The molecule has 0 spiro atoms. The van der Waals surface area contributed by atoms with E-state index in [1.165, 1.54) is 32.6 Å². The fourth-order valence-electron chi connectivity index (χ4n) is 3.35. The van der Waals surface area contributed by atoms with Gasteiger partial charge in [0.25, 0.3) is 5.56 Å². The Morgan fingerprint density at radius 1 is 1.18 bits per heavy atom. The van der Waals surface area contributed by atoms with E-state index in [9.17, 15) is 14.9 Å². The van der Waals surface area contributed by atoms with Crippen molar-refractivity contribution in [3.63, 3.8) is 0 Å². The predicted molar refractivity (Wildman–Crippen MR) is 135 cm³/mol. The van der Waals surface area contributed by atoms with Gasteiger partial charge >= 0.3 is 0 Å². The monoisotopic (exact) mass is 472 g/mol. The molecule has 4 rings (SSSR count). The van der Waals surface area contributed by atoms with Gasteiger partial charge in [0.05, 0.1) is 17.2 Å². The molecule has 0 aliphatic heterocycles. The van der Waals surface area contributed by atoms with Crippen LogP contribution in [0.3, 0.4) is 0 Å². The van der Waals surface area contributed by atoms with E-state index in [0.29, 0.717) is 21.1 Å². The summed E-state index contributed by atoms with van der Waals surface area (Å²) in [5.41, 5.74) is 1.52. The van der Waals surface area contributed by atoms with E-state index in [0.717, 1.165) is 10.4 Å². The maximum absolute atomic E-state index is 13.2. The normalized spacial score (nSPS) is 10.6. The summed E-state index contributed by atoms with van der Waals surface area (Å²) in [5.74, 6) is -0.189. The molecule has 0 saturated heterocycles. The first-order valence-corrected chi connectivity index (χ1v) is 12.0. The van der Waals surface area contributed by atoms with Gasteiger partial charge in [-0.15, -0.1) is 17.9 Å². The van der Waals surface area contributed by atoms with Crippen molar-refractivity contribution in [1.29, 1.82) is 5.26 Å². The van der Waals surface area contributed by atoms with Crippen LogP contribution in [-0.2, 0) is 11.3 Å². The van der Waals surface area contributed by atoms with Gasteiger partial charge < -0.3 is 0 Å². The first-order valence-electron chi connectivity index (χ1n) is 10.2. The highest BCUT2D eigenvalue weighted by atomic mass is 32.2. The third-order valence-electron chi connectivity index (χ3n) is 4.91. The van der Waals surface area contributed by atoms with Crippen LogP contribution in [0.1, 0.15) is 0 Å². The highest BCUT2D eigenvalue weighted by Crippen LogP contribution is 2.32. The number of amides is 1. The zero-order valence-corrected chi connectivity index (χ0v) is 19.3. The largest absolute Gasteiger partial charge is 0.298 e. The second-order valence-corrected chi connectivity index (χ2v) is 9.03. The molecule has 4 aromatic rings. The third-order valence-corrected chi connectivity index (χ3v) is 6.95. The molecule has 0 aliphatic rings. The number of aromatic nitrogens is 2. The van der Waals surface area contributed by atoms with Crippen LogP contribution in [0, 0.1) is 11.3 Å². The summed E-state index contributed by atoms with van der Waals surface area (Å²) >= 11 is 2.64. The average Bonchev–Trinajstić information content (AvgIpc) is 3.29. The number of hydrogen-bond donors (Lipinski definition) is 0. The molecule has 0 aliphatic carbocycles. The molecular weight excluding hydrogens is 452 g/mol. The van der Waals surface area contributed by atoms with Gasteiger partial charge in [0.15, 0.2) is 5.16 Å². The van der Waals surface area contributed by atoms with Gasteiger partial charge in [-0.3, -0.25) is 19.1 Å². The minimum Gasteiger partial charge on any atom is -0.298 e. The van der Waals surface area contributed by atoms with Crippen LogP contribution in [0.2, 0.25) is 0 Å². The second-order valence-electron chi connectivity index (χ2n) is 7.06. The maximum atomic E-state index is 13.2. The number of nitriles is 1. The first-order chi connectivity index (χ1) is 16.1. The Hall–Kier alpha value is -3.67. The smallest absolute Gasteiger partial charge is 0.263 e. The average molecular weight is 473 g/mol. The van der Waals surface area contributed by atoms with Crippen molar-refractivity contribution < 1.29 is 4.79 Å². The number of carbonyl (C=O) groups excluding carboxylic acids is 1. The fraction of sp³-hybridized carbons (Fsp3) is 0.120. The molecular formula is C25H20N4O2S2. The number of fused-ring (bicyclic) bond motifs is 1. The number of thioether (sulfide) groups is 1.